The van der Waals surface area contributed by atoms with Crippen LogP contribution in [0, 0.1) is 0 Å². The first kappa shape index (κ1) is 15.6. The van der Waals surface area contributed by atoms with Gasteiger partial charge in [0.25, 0.3) is 0 Å². The van der Waals surface area contributed by atoms with E-state index >= 15 is 0 Å². The molecule has 2 aliphatic heterocycles. The van der Waals surface area contributed by atoms with Crippen molar-refractivity contribution in [3.05, 3.63) is 29.8 Å². The summed E-state index contributed by atoms with van der Waals surface area (Å²) in [7, 11) is 0. The maximum atomic E-state index is 3.62. The molecule has 1 unspecified atom stereocenters. The smallest absolute Gasteiger partial charge is 0.0366 e. The van der Waals surface area contributed by atoms with Gasteiger partial charge < -0.3 is 10.2 Å². The first-order valence-electron chi connectivity index (χ1n) is 8.16. The van der Waals surface area contributed by atoms with E-state index in [1.54, 1.807) is 0 Å². The van der Waals surface area contributed by atoms with Gasteiger partial charge in [0.1, 0.15) is 0 Å². The largest absolute Gasteiger partial charge is 0.372 e. The zero-order valence-electron chi connectivity index (χ0n) is 12.7. The summed E-state index contributed by atoms with van der Waals surface area (Å²) >= 11 is 4.23. The number of nitrogens with one attached hydrogen (secondary N) is 1. The number of hydrogen-bond donors (Lipinski definition) is 1. The average molecular weight is 323 g/mol. The van der Waals surface area contributed by atoms with Gasteiger partial charge in [-0.2, -0.15) is 23.5 Å². The number of nitrogens with zero attached hydrogens (tertiary/aromatic N) is 1. The van der Waals surface area contributed by atoms with Gasteiger partial charge in [0.15, 0.2) is 0 Å². The van der Waals surface area contributed by atoms with Crippen LogP contribution in [0.15, 0.2) is 24.3 Å². The molecule has 0 bridgehead atoms. The van der Waals surface area contributed by atoms with Crippen LogP contribution in [0.5, 0.6) is 0 Å². The molecule has 0 saturated carbocycles. The van der Waals surface area contributed by atoms with E-state index in [4.69, 9.17) is 0 Å². The maximum absolute atomic E-state index is 3.62. The molecule has 2 heterocycles. The Balaban J connectivity index is 1.43. The zero-order chi connectivity index (χ0) is 14.3. The van der Waals surface area contributed by atoms with Crippen LogP contribution in [0.2, 0.25) is 0 Å². The van der Waals surface area contributed by atoms with E-state index < -0.39 is 0 Å². The van der Waals surface area contributed by atoms with Crippen molar-refractivity contribution >= 4 is 29.2 Å². The van der Waals surface area contributed by atoms with E-state index in [-0.39, 0.29) is 0 Å². The highest BCUT2D eigenvalue weighted by Gasteiger charge is 2.13. The van der Waals surface area contributed by atoms with Crippen LogP contribution in [-0.2, 0) is 6.54 Å². The second-order valence-corrected chi connectivity index (χ2v) is 8.47. The Morgan fingerprint density at radius 1 is 1.05 bits per heavy atom. The Bertz CT molecular complexity index is 409. The van der Waals surface area contributed by atoms with Crippen LogP contribution in [0.1, 0.15) is 24.8 Å². The first-order valence-corrected chi connectivity index (χ1v) is 10.4. The monoisotopic (exact) mass is 322 g/mol. The number of thioether (sulfide) groups is 2. The SMILES string of the molecule is c1cc(N2CCCCC2)ccc1CNCC1CSCCS1. The van der Waals surface area contributed by atoms with Crippen molar-refractivity contribution in [2.24, 2.45) is 0 Å². The third kappa shape index (κ3) is 4.83. The number of hydrogen-bond acceptors (Lipinski definition) is 4. The fourth-order valence-electron chi connectivity index (χ4n) is 3.01. The van der Waals surface area contributed by atoms with Crippen LogP contribution in [0.25, 0.3) is 0 Å². The Labute approximate surface area is 137 Å². The molecule has 3 rings (SSSR count). The summed E-state index contributed by atoms with van der Waals surface area (Å²) in [5.41, 5.74) is 2.81. The molecule has 21 heavy (non-hydrogen) atoms. The molecule has 1 N–H and O–H groups in total. The lowest BCUT2D eigenvalue weighted by atomic mass is 10.1. The number of piperidine rings is 1. The molecule has 1 aromatic carbocycles. The normalized spacial score (nSPS) is 23.2. The number of benzene rings is 1. The number of rotatable bonds is 5. The molecular formula is C17H26N2S2. The van der Waals surface area contributed by atoms with E-state index in [2.05, 4.69) is 58.0 Å². The van der Waals surface area contributed by atoms with Crippen molar-refractivity contribution in [2.45, 2.75) is 31.1 Å². The van der Waals surface area contributed by atoms with Crippen molar-refractivity contribution < 1.29 is 0 Å². The summed E-state index contributed by atoms with van der Waals surface area (Å²) in [6.45, 7) is 4.61. The van der Waals surface area contributed by atoms with E-state index in [1.807, 2.05) is 0 Å². The van der Waals surface area contributed by atoms with Crippen molar-refractivity contribution in [3.8, 4) is 0 Å². The van der Waals surface area contributed by atoms with E-state index in [0.29, 0.717) is 0 Å². The van der Waals surface area contributed by atoms with E-state index in [0.717, 1.165) is 18.3 Å². The summed E-state index contributed by atoms with van der Waals surface area (Å²) < 4.78 is 0. The second-order valence-electron chi connectivity index (χ2n) is 5.91. The Morgan fingerprint density at radius 2 is 1.86 bits per heavy atom. The minimum atomic E-state index is 0.802. The molecule has 2 fully saturated rings. The molecule has 0 aliphatic carbocycles. The summed E-state index contributed by atoms with van der Waals surface area (Å²) in [5, 5.41) is 4.42. The molecular weight excluding hydrogens is 296 g/mol. The predicted molar refractivity (Wildman–Crippen MR) is 97.8 cm³/mol. The fraction of sp³-hybridized carbons (Fsp3) is 0.647. The Hall–Kier alpha value is -0.320. The van der Waals surface area contributed by atoms with Gasteiger partial charge in [0.2, 0.25) is 0 Å². The number of anilines is 1. The van der Waals surface area contributed by atoms with Crippen molar-refractivity contribution in [1.29, 1.82) is 0 Å². The minimum absolute atomic E-state index is 0.802. The summed E-state index contributed by atoms with van der Waals surface area (Å²) in [6.07, 6.45) is 4.09. The highest BCUT2D eigenvalue weighted by Crippen LogP contribution is 2.23. The van der Waals surface area contributed by atoms with Crippen LogP contribution < -0.4 is 10.2 Å². The van der Waals surface area contributed by atoms with Gasteiger partial charge in [0, 0.05) is 54.4 Å². The van der Waals surface area contributed by atoms with Gasteiger partial charge in [-0.1, -0.05) is 12.1 Å². The topological polar surface area (TPSA) is 15.3 Å². The summed E-state index contributed by atoms with van der Waals surface area (Å²) in [5.74, 6) is 3.96. The average Bonchev–Trinajstić information content (AvgIpc) is 2.57. The van der Waals surface area contributed by atoms with Crippen molar-refractivity contribution in [3.63, 3.8) is 0 Å². The lowest BCUT2D eigenvalue weighted by Gasteiger charge is -2.29. The minimum Gasteiger partial charge on any atom is -0.372 e. The zero-order valence-corrected chi connectivity index (χ0v) is 14.4. The van der Waals surface area contributed by atoms with Gasteiger partial charge in [-0.15, -0.1) is 0 Å². The molecule has 0 aromatic heterocycles. The van der Waals surface area contributed by atoms with Gasteiger partial charge in [-0.05, 0) is 37.0 Å². The third-order valence-electron chi connectivity index (χ3n) is 4.24. The predicted octanol–water partition coefficient (Wildman–Crippen LogP) is 3.62. The van der Waals surface area contributed by atoms with E-state index in [9.17, 15) is 0 Å². The molecule has 0 spiro atoms. The van der Waals surface area contributed by atoms with Crippen molar-refractivity contribution in [2.75, 3.05) is 41.8 Å². The lowest BCUT2D eigenvalue weighted by molar-refractivity contribution is 0.578. The Kier molecular flexibility index (Phi) is 6.19. The van der Waals surface area contributed by atoms with Crippen LogP contribution in [-0.4, -0.2) is 42.1 Å². The maximum Gasteiger partial charge on any atom is 0.0366 e. The lowest BCUT2D eigenvalue weighted by Crippen LogP contribution is -2.29. The molecule has 4 heteroatoms. The summed E-state index contributed by atoms with van der Waals surface area (Å²) in [4.78, 5) is 2.52. The van der Waals surface area contributed by atoms with Crippen LogP contribution in [0.4, 0.5) is 5.69 Å². The molecule has 0 radical (unpaired) electrons. The van der Waals surface area contributed by atoms with Crippen LogP contribution >= 0.6 is 23.5 Å². The first-order chi connectivity index (χ1) is 10.4. The molecule has 1 atom stereocenters. The van der Waals surface area contributed by atoms with Gasteiger partial charge >= 0.3 is 0 Å². The fourth-order valence-corrected chi connectivity index (χ4v) is 5.65. The Morgan fingerprint density at radius 3 is 2.57 bits per heavy atom. The summed E-state index contributed by atoms with van der Waals surface area (Å²) in [6, 6.07) is 9.18. The standard InChI is InChI=1S/C17H26N2S2/c1-2-8-19(9-3-1)16-6-4-15(5-7-16)12-18-13-17-14-20-10-11-21-17/h4-7,17-18H,1-3,8-14H2. The van der Waals surface area contributed by atoms with Gasteiger partial charge in [-0.25, -0.2) is 0 Å². The van der Waals surface area contributed by atoms with Gasteiger partial charge in [-0.3, -0.25) is 0 Å². The second kappa shape index (κ2) is 8.35. The quantitative estimate of drug-likeness (QED) is 0.890. The van der Waals surface area contributed by atoms with Crippen molar-refractivity contribution in [1.82, 2.24) is 5.32 Å². The molecule has 2 aliphatic rings. The van der Waals surface area contributed by atoms with E-state index in [1.165, 1.54) is 60.9 Å². The van der Waals surface area contributed by atoms with Crippen LogP contribution in [0.3, 0.4) is 0 Å². The molecule has 2 saturated heterocycles. The highest BCUT2D eigenvalue weighted by atomic mass is 32.2. The molecule has 2 nitrogen and oxygen atoms in total. The highest BCUT2D eigenvalue weighted by molar-refractivity contribution is 8.06. The molecule has 116 valence electrons. The molecule has 1 aromatic rings. The van der Waals surface area contributed by atoms with Gasteiger partial charge in [0.05, 0.1) is 0 Å². The third-order valence-corrected chi connectivity index (χ3v) is 7.09. The molecule has 0 amide bonds.